The Balaban J connectivity index is 2.51. The van der Waals surface area contributed by atoms with E-state index in [1.807, 2.05) is 31.8 Å². The first-order chi connectivity index (χ1) is 11.3. The third-order valence-corrected chi connectivity index (χ3v) is 3.03. The van der Waals surface area contributed by atoms with Gasteiger partial charge in [0.15, 0.2) is 0 Å². The van der Waals surface area contributed by atoms with Gasteiger partial charge in [-0.15, -0.1) is 10.2 Å². The number of ether oxygens (including phenoxy) is 1. The van der Waals surface area contributed by atoms with Crippen LogP contribution in [0.1, 0.15) is 39.0 Å². The summed E-state index contributed by atoms with van der Waals surface area (Å²) in [6.45, 7) is 7.67. The third-order valence-electron chi connectivity index (χ3n) is 3.03. The molecular weight excluding hydrogens is 314 g/mol. The van der Waals surface area contributed by atoms with Gasteiger partial charge in [0.25, 0.3) is 5.56 Å². The van der Waals surface area contributed by atoms with Gasteiger partial charge in [0.05, 0.1) is 12.3 Å². The van der Waals surface area contributed by atoms with E-state index in [1.165, 1.54) is 0 Å². The van der Waals surface area contributed by atoms with E-state index in [-0.39, 0.29) is 35.0 Å². The molecule has 0 aliphatic heterocycles. The first-order valence-corrected chi connectivity index (χ1v) is 7.18. The van der Waals surface area contributed by atoms with E-state index in [4.69, 9.17) is 4.74 Å². The number of aromatic nitrogens is 4. The highest BCUT2D eigenvalue weighted by molar-refractivity contribution is 5.53. The lowest BCUT2D eigenvalue weighted by Gasteiger charge is -2.15. The molecular formula is C14H17N7O3. The van der Waals surface area contributed by atoms with E-state index >= 15 is 0 Å². The van der Waals surface area contributed by atoms with Gasteiger partial charge in [0.1, 0.15) is 11.6 Å². The number of nitrogens with zero attached hydrogens (tertiary/aromatic N) is 4. The molecule has 0 saturated carbocycles. The van der Waals surface area contributed by atoms with Crippen LogP contribution in [0.2, 0.25) is 0 Å². The second-order valence-electron chi connectivity index (χ2n) is 5.88. The summed E-state index contributed by atoms with van der Waals surface area (Å²) in [5.74, 6) is -0.0458. The maximum atomic E-state index is 11.9. The number of azo groups is 1. The Morgan fingerprint density at radius 1 is 1.25 bits per heavy atom. The summed E-state index contributed by atoms with van der Waals surface area (Å²) in [7, 11) is 0. The summed E-state index contributed by atoms with van der Waals surface area (Å²) in [4.78, 5) is 27.5. The Morgan fingerprint density at radius 3 is 2.54 bits per heavy atom. The van der Waals surface area contributed by atoms with Crippen molar-refractivity contribution in [2.75, 3.05) is 6.61 Å². The van der Waals surface area contributed by atoms with Crippen LogP contribution in [0.5, 0.6) is 5.88 Å². The molecule has 2 heterocycles. The van der Waals surface area contributed by atoms with Gasteiger partial charge in [0, 0.05) is 5.41 Å². The number of hydrogen-bond donors (Lipinski definition) is 3. The molecule has 10 heteroatoms. The second kappa shape index (κ2) is 6.49. The number of H-pyrrole nitrogens is 3. The van der Waals surface area contributed by atoms with Gasteiger partial charge in [-0.3, -0.25) is 19.9 Å². The van der Waals surface area contributed by atoms with Gasteiger partial charge in [-0.1, -0.05) is 20.8 Å². The smallest absolute Gasteiger partial charge is 0.328 e. The van der Waals surface area contributed by atoms with E-state index in [0.717, 1.165) is 0 Å². The molecule has 0 aliphatic carbocycles. The van der Waals surface area contributed by atoms with Crippen molar-refractivity contribution >= 4 is 11.5 Å². The number of hydrogen-bond acceptors (Lipinski definition) is 7. The van der Waals surface area contributed by atoms with Crippen molar-refractivity contribution in [1.29, 1.82) is 5.26 Å². The van der Waals surface area contributed by atoms with Crippen LogP contribution in [0, 0.1) is 11.3 Å². The fraction of sp³-hybridized carbons (Fsp3) is 0.429. The van der Waals surface area contributed by atoms with E-state index in [2.05, 4.69) is 25.4 Å². The van der Waals surface area contributed by atoms with E-state index in [1.54, 1.807) is 6.92 Å². The molecule has 2 rings (SSSR count). The van der Waals surface area contributed by atoms with E-state index in [0.29, 0.717) is 5.69 Å². The molecule has 2 aromatic heterocycles. The predicted octanol–water partition coefficient (Wildman–Crippen LogP) is 1.77. The molecule has 2 aromatic rings. The number of nitrogens with one attached hydrogen (secondary N) is 3. The zero-order valence-electron chi connectivity index (χ0n) is 13.7. The van der Waals surface area contributed by atoms with Crippen LogP contribution in [0.4, 0.5) is 11.5 Å². The van der Waals surface area contributed by atoms with Crippen LogP contribution in [0.3, 0.4) is 0 Å². The van der Waals surface area contributed by atoms with Crippen molar-refractivity contribution in [2.45, 2.75) is 33.1 Å². The van der Waals surface area contributed by atoms with Gasteiger partial charge in [-0.05, 0) is 6.92 Å². The molecule has 0 aliphatic rings. The van der Waals surface area contributed by atoms with Crippen LogP contribution in [0.25, 0.3) is 0 Å². The molecule has 0 radical (unpaired) electrons. The van der Waals surface area contributed by atoms with Crippen molar-refractivity contribution in [2.24, 2.45) is 10.2 Å². The predicted molar refractivity (Wildman–Crippen MR) is 85.0 cm³/mol. The van der Waals surface area contributed by atoms with Gasteiger partial charge < -0.3 is 4.74 Å². The molecule has 0 amide bonds. The van der Waals surface area contributed by atoms with Crippen molar-refractivity contribution < 1.29 is 4.74 Å². The quantitative estimate of drug-likeness (QED) is 0.729. The number of rotatable bonds is 4. The lowest BCUT2D eigenvalue weighted by molar-refractivity contribution is 0.325. The molecule has 0 atom stereocenters. The molecule has 0 aromatic carbocycles. The van der Waals surface area contributed by atoms with Crippen LogP contribution in [-0.2, 0) is 5.41 Å². The Hall–Kier alpha value is -3.22. The summed E-state index contributed by atoms with van der Waals surface area (Å²) in [5.41, 5.74) is -1.16. The first-order valence-electron chi connectivity index (χ1n) is 7.18. The Labute approximate surface area is 136 Å². The maximum Gasteiger partial charge on any atom is 0.328 e. The SMILES string of the molecule is CCOc1[nH]c(=O)[nH]c(=O)c1N=Nc1n[nH]c(C(C)(C)C)c1C#N. The summed E-state index contributed by atoms with van der Waals surface area (Å²) >= 11 is 0. The fourth-order valence-corrected chi connectivity index (χ4v) is 1.95. The van der Waals surface area contributed by atoms with Crippen LogP contribution >= 0.6 is 0 Å². The minimum atomic E-state index is -0.754. The summed E-state index contributed by atoms with van der Waals surface area (Å²) in [6.07, 6.45) is 0. The van der Waals surface area contributed by atoms with Crippen LogP contribution < -0.4 is 16.0 Å². The van der Waals surface area contributed by atoms with Crippen LogP contribution in [-0.4, -0.2) is 26.8 Å². The highest BCUT2D eigenvalue weighted by atomic mass is 16.5. The molecule has 126 valence electrons. The number of aromatic amines is 3. The number of nitriles is 1. The highest BCUT2D eigenvalue weighted by Gasteiger charge is 2.24. The average molecular weight is 331 g/mol. The lowest BCUT2D eigenvalue weighted by Crippen LogP contribution is -2.22. The fourth-order valence-electron chi connectivity index (χ4n) is 1.95. The lowest BCUT2D eigenvalue weighted by atomic mass is 9.90. The maximum absolute atomic E-state index is 11.9. The van der Waals surface area contributed by atoms with Crippen molar-refractivity contribution in [3.8, 4) is 11.9 Å². The zero-order chi connectivity index (χ0) is 17.9. The average Bonchev–Trinajstić information content (AvgIpc) is 2.89. The van der Waals surface area contributed by atoms with Gasteiger partial charge in [-0.25, -0.2) is 4.79 Å². The molecule has 0 bridgehead atoms. The van der Waals surface area contributed by atoms with Crippen molar-refractivity contribution in [3.05, 3.63) is 32.1 Å². The van der Waals surface area contributed by atoms with Gasteiger partial charge in [-0.2, -0.15) is 10.4 Å². The van der Waals surface area contributed by atoms with Crippen molar-refractivity contribution in [3.63, 3.8) is 0 Å². The summed E-state index contributed by atoms with van der Waals surface area (Å²) in [5, 5.41) is 23.7. The minimum Gasteiger partial charge on any atom is -0.477 e. The Bertz CT molecular complexity index is 922. The van der Waals surface area contributed by atoms with Crippen LogP contribution in [0.15, 0.2) is 19.8 Å². The standard InChI is InChI=1S/C14H17N7O3/c1-5-24-12-8(11(22)16-13(23)17-12)18-20-10-7(6-15)9(19-21-10)14(2,3)4/h5H2,1-4H3,(H,19,21)(H2,16,17,22,23). The van der Waals surface area contributed by atoms with Gasteiger partial charge >= 0.3 is 5.69 Å². The van der Waals surface area contributed by atoms with Crippen molar-refractivity contribution in [1.82, 2.24) is 20.2 Å². The molecule has 24 heavy (non-hydrogen) atoms. The summed E-state index contributed by atoms with van der Waals surface area (Å²) in [6, 6.07) is 2.03. The molecule has 0 saturated heterocycles. The Kier molecular flexibility index (Phi) is 4.64. The van der Waals surface area contributed by atoms with Gasteiger partial charge in [0.2, 0.25) is 17.4 Å². The Morgan fingerprint density at radius 2 is 1.96 bits per heavy atom. The zero-order valence-corrected chi connectivity index (χ0v) is 13.7. The summed E-state index contributed by atoms with van der Waals surface area (Å²) < 4.78 is 5.18. The van der Waals surface area contributed by atoms with E-state index < -0.39 is 11.2 Å². The highest BCUT2D eigenvalue weighted by Crippen LogP contribution is 2.30. The largest absolute Gasteiger partial charge is 0.477 e. The first kappa shape index (κ1) is 17.1. The topological polar surface area (TPSA) is 152 Å². The molecule has 0 spiro atoms. The normalized spacial score (nSPS) is 11.6. The molecule has 0 unspecified atom stereocenters. The second-order valence-corrected chi connectivity index (χ2v) is 5.88. The minimum absolute atomic E-state index is 0.0514. The molecule has 10 nitrogen and oxygen atoms in total. The molecule has 3 N–H and O–H groups in total. The monoisotopic (exact) mass is 331 g/mol. The third kappa shape index (κ3) is 3.40. The molecule has 0 fully saturated rings. The van der Waals surface area contributed by atoms with E-state index in [9.17, 15) is 14.9 Å².